The Kier molecular flexibility index (Phi) is 5.48. The Bertz CT molecular complexity index is 917. The summed E-state index contributed by atoms with van der Waals surface area (Å²) in [4.78, 5) is 38.3. The van der Waals surface area contributed by atoms with Crippen LogP contribution >= 0.6 is 0 Å². The number of aryl methyl sites for hydroxylation is 3. The van der Waals surface area contributed by atoms with E-state index in [1.165, 1.54) is 0 Å². The Morgan fingerprint density at radius 3 is 2.50 bits per heavy atom. The second-order valence-corrected chi connectivity index (χ2v) is 7.07. The lowest BCUT2D eigenvalue weighted by Gasteiger charge is -2.16. The van der Waals surface area contributed by atoms with Crippen molar-refractivity contribution in [1.29, 1.82) is 0 Å². The first-order chi connectivity index (χ1) is 13.3. The predicted molar refractivity (Wildman–Crippen MR) is 104 cm³/mol. The molecule has 3 rings (SSSR count). The molecule has 1 atom stereocenters. The molecule has 1 aromatic carbocycles. The molecule has 1 aromatic heterocycles. The normalized spacial score (nSPS) is 16.4. The summed E-state index contributed by atoms with van der Waals surface area (Å²) in [7, 11) is 1.79. The van der Waals surface area contributed by atoms with Gasteiger partial charge in [0.15, 0.2) is 6.61 Å². The summed E-state index contributed by atoms with van der Waals surface area (Å²) >= 11 is 0. The van der Waals surface area contributed by atoms with Crippen molar-refractivity contribution in [2.45, 2.75) is 27.2 Å². The molecule has 0 bridgehead atoms. The van der Waals surface area contributed by atoms with E-state index in [1.807, 2.05) is 38.1 Å². The molecular weight excluding hydrogens is 360 g/mol. The zero-order chi connectivity index (χ0) is 20.4. The number of carbonyl (C=O) groups excluding carboxylic acids is 3. The van der Waals surface area contributed by atoms with Crippen molar-refractivity contribution in [3.05, 3.63) is 41.2 Å². The standard InChI is InChI=1S/C20H24N4O4/c1-12-5-7-16(8-6-12)24-10-15(9-18(24)26)20(27)28-11-17(25)21-19-13(2)22-23(4)14(19)3/h5-8,15H,9-11H2,1-4H3,(H,21,25)/t15-/m0/s1. The molecule has 2 heterocycles. The number of anilines is 2. The number of nitrogens with one attached hydrogen (secondary N) is 1. The highest BCUT2D eigenvalue weighted by molar-refractivity contribution is 6.00. The average molecular weight is 384 g/mol. The van der Waals surface area contributed by atoms with Gasteiger partial charge in [-0.3, -0.25) is 19.1 Å². The van der Waals surface area contributed by atoms with E-state index >= 15 is 0 Å². The first kappa shape index (κ1) is 19.6. The molecule has 148 valence electrons. The summed E-state index contributed by atoms with van der Waals surface area (Å²) in [6, 6.07) is 7.54. The van der Waals surface area contributed by atoms with Gasteiger partial charge in [0.05, 0.1) is 23.0 Å². The van der Waals surface area contributed by atoms with Gasteiger partial charge in [0, 0.05) is 25.7 Å². The number of aromatic nitrogens is 2. The molecule has 8 heteroatoms. The topological polar surface area (TPSA) is 93.5 Å². The molecule has 0 spiro atoms. The minimum atomic E-state index is -0.580. The summed E-state index contributed by atoms with van der Waals surface area (Å²) in [6.07, 6.45) is 0.0785. The van der Waals surface area contributed by atoms with Gasteiger partial charge in [-0.2, -0.15) is 5.10 Å². The molecule has 2 aromatic rings. The molecule has 2 amide bonds. The van der Waals surface area contributed by atoms with E-state index < -0.39 is 24.4 Å². The van der Waals surface area contributed by atoms with E-state index in [0.29, 0.717) is 11.4 Å². The van der Waals surface area contributed by atoms with Crippen LogP contribution in [0.25, 0.3) is 0 Å². The number of nitrogens with zero attached hydrogens (tertiary/aromatic N) is 3. The number of benzene rings is 1. The molecule has 0 aliphatic carbocycles. The van der Waals surface area contributed by atoms with Gasteiger partial charge in [0.2, 0.25) is 5.91 Å². The Hall–Kier alpha value is -3.16. The molecule has 1 aliphatic heterocycles. The number of esters is 1. The van der Waals surface area contributed by atoms with Crippen LogP contribution in [0.3, 0.4) is 0 Å². The third-order valence-electron chi connectivity index (χ3n) is 4.92. The average Bonchev–Trinajstić information content (AvgIpc) is 3.15. The van der Waals surface area contributed by atoms with Crippen molar-refractivity contribution >= 4 is 29.2 Å². The van der Waals surface area contributed by atoms with E-state index in [-0.39, 0.29) is 18.9 Å². The minimum Gasteiger partial charge on any atom is -0.455 e. The summed E-state index contributed by atoms with van der Waals surface area (Å²) in [5.41, 5.74) is 3.97. The Balaban J connectivity index is 1.54. The monoisotopic (exact) mass is 384 g/mol. The number of hydrogen-bond donors (Lipinski definition) is 1. The fourth-order valence-electron chi connectivity index (χ4n) is 3.22. The number of ether oxygens (including phenoxy) is 1. The van der Waals surface area contributed by atoms with Crippen LogP contribution in [-0.4, -0.2) is 40.7 Å². The van der Waals surface area contributed by atoms with Gasteiger partial charge in [-0.1, -0.05) is 17.7 Å². The Labute approximate surface area is 163 Å². The van der Waals surface area contributed by atoms with E-state index in [2.05, 4.69) is 10.4 Å². The second-order valence-electron chi connectivity index (χ2n) is 7.07. The molecule has 1 aliphatic rings. The SMILES string of the molecule is Cc1ccc(N2C[C@@H](C(=O)OCC(=O)Nc3c(C)nn(C)c3C)CC2=O)cc1. The van der Waals surface area contributed by atoms with Gasteiger partial charge in [0.25, 0.3) is 5.91 Å². The predicted octanol–water partition coefficient (Wildman–Crippen LogP) is 1.88. The summed E-state index contributed by atoms with van der Waals surface area (Å²) in [5, 5.41) is 6.94. The zero-order valence-corrected chi connectivity index (χ0v) is 16.5. The highest BCUT2D eigenvalue weighted by atomic mass is 16.5. The Morgan fingerprint density at radius 2 is 1.89 bits per heavy atom. The van der Waals surface area contributed by atoms with Crippen LogP contribution in [0.1, 0.15) is 23.4 Å². The van der Waals surface area contributed by atoms with Gasteiger partial charge >= 0.3 is 5.97 Å². The first-order valence-electron chi connectivity index (χ1n) is 9.10. The van der Waals surface area contributed by atoms with E-state index in [9.17, 15) is 14.4 Å². The first-order valence-corrected chi connectivity index (χ1v) is 9.10. The van der Waals surface area contributed by atoms with Crippen molar-refractivity contribution in [3.63, 3.8) is 0 Å². The van der Waals surface area contributed by atoms with Gasteiger partial charge < -0.3 is 15.0 Å². The molecular formula is C20H24N4O4. The van der Waals surface area contributed by atoms with Crippen molar-refractivity contribution in [1.82, 2.24) is 9.78 Å². The molecule has 1 N–H and O–H groups in total. The molecule has 1 fully saturated rings. The van der Waals surface area contributed by atoms with Gasteiger partial charge in [-0.25, -0.2) is 0 Å². The Morgan fingerprint density at radius 1 is 1.21 bits per heavy atom. The smallest absolute Gasteiger partial charge is 0.311 e. The lowest BCUT2D eigenvalue weighted by Crippen LogP contribution is -2.28. The van der Waals surface area contributed by atoms with E-state index in [1.54, 1.807) is 23.6 Å². The van der Waals surface area contributed by atoms with Crippen LogP contribution in [0.2, 0.25) is 0 Å². The quantitative estimate of drug-likeness (QED) is 0.795. The maximum atomic E-state index is 12.3. The van der Waals surface area contributed by atoms with Crippen LogP contribution < -0.4 is 10.2 Å². The van der Waals surface area contributed by atoms with Crippen molar-refractivity contribution in [2.24, 2.45) is 13.0 Å². The lowest BCUT2D eigenvalue weighted by atomic mass is 10.1. The number of hydrogen-bond acceptors (Lipinski definition) is 5. The highest BCUT2D eigenvalue weighted by Gasteiger charge is 2.36. The fourth-order valence-corrected chi connectivity index (χ4v) is 3.22. The van der Waals surface area contributed by atoms with E-state index in [4.69, 9.17) is 4.74 Å². The van der Waals surface area contributed by atoms with Gasteiger partial charge in [0.1, 0.15) is 0 Å². The number of rotatable bonds is 5. The van der Waals surface area contributed by atoms with E-state index in [0.717, 1.165) is 16.9 Å². The zero-order valence-electron chi connectivity index (χ0n) is 16.5. The van der Waals surface area contributed by atoms with Crippen molar-refractivity contribution in [2.75, 3.05) is 23.4 Å². The molecule has 1 saturated heterocycles. The van der Waals surface area contributed by atoms with Crippen LogP contribution in [0.15, 0.2) is 24.3 Å². The molecule has 0 radical (unpaired) electrons. The molecule has 0 saturated carbocycles. The van der Waals surface area contributed by atoms with Gasteiger partial charge in [-0.05, 0) is 32.9 Å². The second kappa shape index (κ2) is 7.84. The third kappa shape index (κ3) is 4.05. The lowest BCUT2D eigenvalue weighted by molar-refractivity contribution is -0.151. The molecule has 8 nitrogen and oxygen atoms in total. The van der Waals surface area contributed by atoms with Crippen LogP contribution in [0.4, 0.5) is 11.4 Å². The third-order valence-corrected chi connectivity index (χ3v) is 4.92. The van der Waals surface area contributed by atoms with Gasteiger partial charge in [-0.15, -0.1) is 0 Å². The highest BCUT2D eigenvalue weighted by Crippen LogP contribution is 2.26. The largest absolute Gasteiger partial charge is 0.455 e. The minimum absolute atomic E-state index is 0.0785. The summed E-state index contributed by atoms with van der Waals surface area (Å²) < 4.78 is 6.81. The number of amides is 2. The summed E-state index contributed by atoms with van der Waals surface area (Å²) in [6.45, 7) is 5.45. The van der Waals surface area contributed by atoms with Crippen LogP contribution in [-0.2, 0) is 26.2 Å². The maximum Gasteiger partial charge on any atom is 0.311 e. The fraction of sp³-hybridized carbons (Fsp3) is 0.400. The summed E-state index contributed by atoms with van der Waals surface area (Å²) in [5.74, 6) is -1.69. The van der Waals surface area contributed by atoms with Crippen molar-refractivity contribution < 1.29 is 19.1 Å². The number of carbonyl (C=O) groups is 3. The van der Waals surface area contributed by atoms with Crippen molar-refractivity contribution in [3.8, 4) is 0 Å². The maximum absolute atomic E-state index is 12.3. The molecule has 28 heavy (non-hydrogen) atoms. The molecule has 0 unspecified atom stereocenters. The van der Waals surface area contributed by atoms with Crippen LogP contribution in [0, 0.1) is 26.7 Å². The van der Waals surface area contributed by atoms with Crippen LogP contribution in [0.5, 0.6) is 0 Å².